The van der Waals surface area contributed by atoms with Crippen molar-refractivity contribution in [3.05, 3.63) is 53.5 Å². The van der Waals surface area contributed by atoms with Gasteiger partial charge in [-0.1, -0.05) is 11.2 Å². The van der Waals surface area contributed by atoms with Gasteiger partial charge in [0.1, 0.15) is 5.82 Å². The molecule has 1 aliphatic heterocycles. The largest absolute Gasteiger partial charge is 0.504 e. The normalized spacial score (nSPS) is 15.9. The Labute approximate surface area is 163 Å². The van der Waals surface area contributed by atoms with Crippen LogP contribution in [0.3, 0.4) is 0 Å². The van der Waals surface area contributed by atoms with Crippen LogP contribution in [0.15, 0.2) is 40.9 Å². The van der Waals surface area contributed by atoms with Gasteiger partial charge in [0.15, 0.2) is 17.1 Å². The first-order chi connectivity index (χ1) is 13.6. The third kappa shape index (κ3) is 4.12. The molecule has 0 radical (unpaired) electrons. The number of halogens is 1. The van der Waals surface area contributed by atoms with Crippen molar-refractivity contribution in [1.29, 1.82) is 0 Å². The highest BCUT2D eigenvalue weighted by atomic mass is 19.1. The fraction of sp³-hybridized carbons (Fsp3) is 0.409. The number of hydrogen-bond donors (Lipinski definition) is 1. The second-order valence-corrected chi connectivity index (χ2v) is 7.50. The van der Waals surface area contributed by atoms with E-state index in [0.717, 1.165) is 55.5 Å². The number of aromatic hydroxyl groups is 1. The Morgan fingerprint density at radius 3 is 2.82 bits per heavy atom. The van der Waals surface area contributed by atoms with Gasteiger partial charge in [-0.25, -0.2) is 4.39 Å². The maximum atomic E-state index is 13.3. The highest BCUT2D eigenvalue weighted by Gasteiger charge is 2.25. The number of piperidine rings is 1. The first-order valence-corrected chi connectivity index (χ1v) is 9.80. The molecule has 1 N–H and O–H groups in total. The SMILES string of the molecule is Cc1ccc(OCCCN2CCC(c3noc4cc(F)ccc34)CC2)c(O)c1. The molecule has 0 saturated carbocycles. The van der Waals surface area contributed by atoms with Gasteiger partial charge in [0.05, 0.1) is 12.3 Å². The molecule has 0 unspecified atom stereocenters. The molecule has 4 rings (SSSR count). The fourth-order valence-corrected chi connectivity index (χ4v) is 3.88. The van der Waals surface area contributed by atoms with Crippen molar-refractivity contribution in [3.8, 4) is 11.5 Å². The number of aromatic nitrogens is 1. The van der Waals surface area contributed by atoms with Crippen LogP contribution in [-0.4, -0.2) is 41.4 Å². The average molecular weight is 384 g/mol. The van der Waals surface area contributed by atoms with Crippen LogP contribution < -0.4 is 4.74 Å². The van der Waals surface area contributed by atoms with Crippen molar-refractivity contribution >= 4 is 11.0 Å². The lowest BCUT2D eigenvalue weighted by Crippen LogP contribution is -2.34. The molecule has 5 nitrogen and oxygen atoms in total. The number of phenolic OH excluding ortho intramolecular Hbond substituents is 1. The predicted molar refractivity (Wildman–Crippen MR) is 105 cm³/mol. The lowest BCUT2D eigenvalue weighted by atomic mass is 9.91. The summed E-state index contributed by atoms with van der Waals surface area (Å²) in [5.74, 6) is 0.786. The number of likely N-dealkylation sites (tertiary alicyclic amines) is 1. The summed E-state index contributed by atoms with van der Waals surface area (Å²) in [5, 5.41) is 15.0. The number of hydrogen-bond acceptors (Lipinski definition) is 5. The van der Waals surface area contributed by atoms with Gasteiger partial charge in [0.2, 0.25) is 0 Å². The summed E-state index contributed by atoms with van der Waals surface area (Å²) >= 11 is 0. The van der Waals surface area contributed by atoms with Crippen molar-refractivity contribution in [2.24, 2.45) is 0 Å². The molecule has 2 aromatic carbocycles. The zero-order valence-corrected chi connectivity index (χ0v) is 16.0. The number of fused-ring (bicyclic) bond motifs is 1. The van der Waals surface area contributed by atoms with Crippen LogP contribution in [0.1, 0.15) is 36.4 Å². The quantitative estimate of drug-likeness (QED) is 0.628. The van der Waals surface area contributed by atoms with Crippen LogP contribution in [0.25, 0.3) is 11.0 Å². The Morgan fingerprint density at radius 1 is 1.21 bits per heavy atom. The molecule has 0 bridgehead atoms. The van der Waals surface area contributed by atoms with E-state index in [1.807, 2.05) is 19.1 Å². The summed E-state index contributed by atoms with van der Waals surface area (Å²) in [5.41, 5.74) is 2.49. The van der Waals surface area contributed by atoms with Crippen LogP contribution in [0.4, 0.5) is 4.39 Å². The molecule has 1 aromatic heterocycles. The number of rotatable bonds is 6. The predicted octanol–water partition coefficient (Wildman–Crippen LogP) is 4.63. The smallest absolute Gasteiger partial charge is 0.170 e. The Hall–Kier alpha value is -2.60. The standard InChI is InChI=1S/C22H25FN2O3/c1-15-3-6-20(19(26)13-15)27-12-2-9-25-10-7-16(8-11-25)22-18-5-4-17(23)14-21(18)28-24-22/h3-6,13-14,16,26H,2,7-12H2,1H3. The summed E-state index contributed by atoms with van der Waals surface area (Å²) < 4.78 is 24.3. The van der Waals surface area contributed by atoms with E-state index in [4.69, 9.17) is 9.26 Å². The van der Waals surface area contributed by atoms with E-state index < -0.39 is 0 Å². The minimum absolute atomic E-state index is 0.195. The molecule has 28 heavy (non-hydrogen) atoms. The lowest BCUT2D eigenvalue weighted by Gasteiger charge is -2.31. The van der Waals surface area contributed by atoms with Gasteiger partial charge in [0.25, 0.3) is 0 Å². The van der Waals surface area contributed by atoms with Crippen molar-refractivity contribution in [2.45, 2.75) is 32.1 Å². The van der Waals surface area contributed by atoms with Gasteiger partial charge in [-0.15, -0.1) is 0 Å². The molecular weight excluding hydrogens is 359 g/mol. The average Bonchev–Trinajstić information content (AvgIpc) is 3.10. The van der Waals surface area contributed by atoms with Gasteiger partial charge in [-0.3, -0.25) is 0 Å². The Balaban J connectivity index is 1.24. The van der Waals surface area contributed by atoms with Crippen LogP contribution >= 0.6 is 0 Å². The van der Waals surface area contributed by atoms with Gasteiger partial charge < -0.3 is 19.3 Å². The zero-order valence-electron chi connectivity index (χ0n) is 16.0. The number of benzene rings is 2. The first-order valence-electron chi connectivity index (χ1n) is 9.80. The Morgan fingerprint density at radius 2 is 2.04 bits per heavy atom. The molecular formula is C22H25FN2O3. The second-order valence-electron chi connectivity index (χ2n) is 7.50. The van der Waals surface area contributed by atoms with Crippen LogP contribution in [-0.2, 0) is 0 Å². The summed E-state index contributed by atoms with van der Waals surface area (Å²) in [6, 6.07) is 10.1. The minimum atomic E-state index is -0.300. The topological polar surface area (TPSA) is 58.7 Å². The summed E-state index contributed by atoms with van der Waals surface area (Å²) in [7, 11) is 0. The number of aryl methyl sites for hydroxylation is 1. The molecule has 1 saturated heterocycles. The van der Waals surface area contributed by atoms with Crippen molar-refractivity contribution in [3.63, 3.8) is 0 Å². The summed E-state index contributed by atoms with van der Waals surface area (Å²) in [6.45, 7) is 5.47. The fourth-order valence-electron chi connectivity index (χ4n) is 3.88. The van der Waals surface area contributed by atoms with Gasteiger partial charge in [-0.05, 0) is 69.1 Å². The molecule has 3 aromatic rings. The third-order valence-electron chi connectivity index (χ3n) is 5.43. The van der Waals surface area contributed by atoms with Crippen LogP contribution in [0.2, 0.25) is 0 Å². The maximum absolute atomic E-state index is 13.3. The van der Waals surface area contributed by atoms with E-state index in [1.54, 1.807) is 12.1 Å². The lowest BCUT2D eigenvalue weighted by molar-refractivity contribution is 0.189. The van der Waals surface area contributed by atoms with E-state index in [-0.39, 0.29) is 11.6 Å². The van der Waals surface area contributed by atoms with E-state index in [9.17, 15) is 9.50 Å². The molecule has 1 aliphatic rings. The minimum Gasteiger partial charge on any atom is -0.504 e. The second kappa shape index (κ2) is 8.19. The van der Waals surface area contributed by atoms with Crippen LogP contribution in [0.5, 0.6) is 11.5 Å². The van der Waals surface area contributed by atoms with E-state index >= 15 is 0 Å². The van der Waals surface area contributed by atoms with E-state index in [2.05, 4.69) is 10.1 Å². The van der Waals surface area contributed by atoms with Crippen molar-refractivity contribution in [1.82, 2.24) is 10.1 Å². The molecule has 6 heteroatoms. The maximum Gasteiger partial charge on any atom is 0.170 e. The molecule has 0 spiro atoms. The Bertz CT molecular complexity index is 948. The first kappa shape index (κ1) is 18.7. The molecule has 1 fully saturated rings. The third-order valence-corrected chi connectivity index (χ3v) is 5.43. The van der Waals surface area contributed by atoms with Crippen LogP contribution in [0, 0.1) is 12.7 Å². The number of ether oxygens (including phenoxy) is 1. The van der Waals surface area contributed by atoms with Gasteiger partial charge in [0, 0.05) is 23.9 Å². The van der Waals surface area contributed by atoms with Gasteiger partial charge in [-0.2, -0.15) is 0 Å². The zero-order chi connectivity index (χ0) is 19.5. The van der Waals surface area contributed by atoms with Gasteiger partial charge >= 0.3 is 0 Å². The van der Waals surface area contributed by atoms with E-state index in [0.29, 0.717) is 23.9 Å². The molecule has 0 atom stereocenters. The highest BCUT2D eigenvalue weighted by Crippen LogP contribution is 2.33. The summed E-state index contributed by atoms with van der Waals surface area (Å²) in [4.78, 5) is 2.43. The number of phenols is 1. The van der Waals surface area contributed by atoms with Crippen molar-refractivity contribution < 1.29 is 18.8 Å². The molecule has 0 aliphatic carbocycles. The number of nitrogens with zero attached hydrogens (tertiary/aromatic N) is 2. The Kier molecular flexibility index (Phi) is 5.48. The summed E-state index contributed by atoms with van der Waals surface area (Å²) in [6.07, 6.45) is 2.93. The molecule has 2 heterocycles. The molecule has 148 valence electrons. The van der Waals surface area contributed by atoms with Crippen molar-refractivity contribution in [2.75, 3.05) is 26.2 Å². The van der Waals surface area contributed by atoms with E-state index in [1.165, 1.54) is 12.1 Å². The monoisotopic (exact) mass is 384 g/mol. The highest BCUT2D eigenvalue weighted by molar-refractivity contribution is 5.79. The molecule has 0 amide bonds.